The molecule has 2 atom stereocenters. The SMILES string of the molecule is Clc1cccc(C23CCC(C2)NC3)c1. The third-order valence-corrected chi connectivity index (χ3v) is 4.01. The summed E-state index contributed by atoms with van der Waals surface area (Å²) in [7, 11) is 0. The number of benzene rings is 1. The Hall–Kier alpha value is -0.530. The van der Waals surface area contributed by atoms with E-state index in [1.165, 1.54) is 24.8 Å². The minimum atomic E-state index is 0.398. The summed E-state index contributed by atoms with van der Waals surface area (Å²) in [5.74, 6) is 0. The van der Waals surface area contributed by atoms with Crippen molar-refractivity contribution in [1.29, 1.82) is 0 Å². The first kappa shape index (κ1) is 8.75. The van der Waals surface area contributed by atoms with Crippen molar-refractivity contribution >= 4 is 11.6 Å². The van der Waals surface area contributed by atoms with Crippen LogP contribution in [-0.4, -0.2) is 12.6 Å². The lowest BCUT2D eigenvalue weighted by Crippen LogP contribution is -2.32. The molecule has 2 fully saturated rings. The normalized spacial score (nSPS) is 35.1. The number of hydrogen-bond donors (Lipinski definition) is 1. The van der Waals surface area contributed by atoms with E-state index < -0.39 is 0 Å². The average Bonchev–Trinajstić information content (AvgIpc) is 2.78. The van der Waals surface area contributed by atoms with Crippen molar-refractivity contribution in [3.8, 4) is 0 Å². The molecule has 74 valence electrons. The molecule has 3 rings (SSSR count). The van der Waals surface area contributed by atoms with Crippen molar-refractivity contribution in [2.45, 2.75) is 30.7 Å². The van der Waals surface area contributed by atoms with Gasteiger partial charge in [-0.2, -0.15) is 0 Å². The third-order valence-electron chi connectivity index (χ3n) is 3.77. The van der Waals surface area contributed by atoms with Crippen molar-refractivity contribution in [2.24, 2.45) is 0 Å². The van der Waals surface area contributed by atoms with Gasteiger partial charge in [-0.3, -0.25) is 0 Å². The molecule has 1 N–H and O–H groups in total. The van der Waals surface area contributed by atoms with E-state index in [0.717, 1.165) is 17.6 Å². The molecule has 1 aliphatic heterocycles. The quantitative estimate of drug-likeness (QED) is 0.747. The van der Waals surface area contributed by atoms with Crippen LogP contribution in [0.1, 0.15) is 24.8 Å². The van der Waals surface area contributed by atoms with Gasteiger partial charge in [-0.15, -0.1) is 0 Å². The Morgan fingerprint density at radius 2 is 2.36 bits per heavy atom. The molecule has 14 heavy (non-hydrogen) atoms. The summed E-state index contributed by atoms with van der Waals surface area (Å²) in [6.45, 7) is 1.14. The molecule has 1 saturated carbocycles. The number of rotatable bonds is 1. The van der Waals surface area contributed by atoms with Crippen molar-refractivity contribution in [1.82, 2.24) is 5.32 Å². The van der Waals surface area contributed by atoms with Crippen LogP contribution in [0.5, 0.6) is 0 Å². The fourth-order valence-corrected chi connectivity index (χ4v) is 3.17. The zero-order valence-corrected chi connectivity index (χ0v) is 8.85. The van der Waals surface area contributed by atoms with Crippen LogP contribution in [0.3, 0.4) is 0 Å². The number of nitrogens with one attached hydrogen (secondary N) is 1. The summed E-state index contributed by atoms with van der Waals surface area (Å²) in [4.78, 5) is 0. The van der Waals surface area contributed by atoms with Gasteiger partial charge in [0.2, 0.25) is 0 Å². The van der Waals surface area contributed by atoms with Crippen molar-refractivity contribution in [3.05, 3.63) is 34.9 Å². The molecule has 0 radical (unpaired) electrons. The van der Waals surface area contributed by atoms with Crippen LogP contribution in [0, 0.1) is 0 Å². The average molecular weight is 208 g/mol. The largest absolute Gasteiger partial charge is 0.313 e. The van der Waals surface area contributed by atoms with Gasteiger partial charge < -0.3 is 5.32 Å². The minimum Gasteiger partial charge on any atom is -0.313 e. The van der Waals surface area contributed by atoms with Gasteiger partial charge in [-0.25, -0.2) is 0 Å². The number of fused-ring (bicyclic) bond motifs is 2. The van der Waals surface area contributed by atoms with Gasteiger partial charge in [-0.1, -0.05) is 23.7 Å². The van der Waals surface area contributed by atoms with Crippen molar-refractivity contribution < 1.29 is 0 Å². The summed E-state index contributed by atoms with van der Waals surface area (Å²) in [5, 5.41) is 4.44. The fourth-order valence-electron chi connectivity index (χ4n) is 2.98. The Kier molecular flexibility index (Phi) is 1.86. The van der Waals surface area contributed by atoms with Gasteiger partial charge in [-0.05, 0) is 37.0 Å². The maximum Gasteiger partial charge on any atom is 0.0408 e. The number of hydrogen-bond acceptors (Lipinski definition) is 1. The second-order valence-electron chi connectivity index (χ2n) is 4.61. The van der Waals surface area contributed by atoms with Crippen LogP contribution in [0.15, 0.2) is 24.3 Å². The van der Waals surface area contributed by atoms with E-state index in [-0.39, 0.29) is 0 Å². The van der Waals surface area contributed by atoms with E-state index in [0.29, 0.717) is 5.41 Å². The molecule has 0 amide bonds. The molecule has 1 saturated heterocycles. The van der Waals surface area contributed by atoms with Crippen molar-refractivity contribution in [2.75, 3.05) is 6.54 Å². The molecule has 1 heterocycles. The zero-order valence-electron chi connectivity index (χ0n) is 8.09. The van der Waals surface area contributed by atoms with Gasteiger partial charge in [0.15, 0.2) is 0 Å². The third kappa shape index (κ3) is 1.19. The first-order chi connectivity index (χ1) is 6.78. The van der Waals surface area contributed by atoms with Crippen LogP contribution >= 0.6 is 11.6 Å². The molecule has 1 nitrogen and oxygen atoms in total. The van der Waals surface area contributed by atoms with E-state index in [9.17, 15) is 0 Å². The van der Waals surface area contributed by atoms with Gasteiger partial charge in [0.05, 0.1) is 0 Å². The lowest BCUT2D eigenvalue weighted by Gasteiger charge is -2.27. The predicted octanol–water partition coefficient (Wildman–Crippen LogP) is 2.73. The first-order valence-corrected chi connectivity index (χ1v) is 5.66. The highest BCUT2D eigenvalue weighted by molar-refractivity contribution is 6.30. The Morgan fingerprint density at radius 3 is 2.93 bits per heavy atom. The molecule has 1 aromatic rings. The van der Waals surface area contributed by atoms with Crippen LogP contribution in [-0.2, 0) is 5.41 Å². The molecule has 2 bridgehead atoms. The Morgan fingerprint density at radius 1 is 1.43 bits per heavy atom. The smallest absolute Gasteiger partial charge is 0.0408 e. The second-order valence-corrected chi connectivity index (χ2v) is 5.05. The minimum absolute atomic E-state index is 0.398. The summed E-state index contributed by atoms with van der Waals surface area (Å²) in [5.41, 5.74) is 1.83. The van der Waals surface area contributed by atoms with Crippen LogP contribution in [0.25, 0.3) is 0 Å². The summed E-state index contributed by atoms with van der Waals surface area (Å²) in [6, 6.07) is 9.14. The van der Waals surface area contributed by atoms with E-state index in [2.05, 4.69) is 23.5 Å². The highest BCUT2D eigenvalue weighted by atomic mass is 35.5. The molecule has 2 heteroatoms. The number of halogens is 1. The highest BCUT2D eigenvalue weighted by Gasteiger charge is 2.45. The van der Waals surface area contributed by atoms with E-state index in [1.54, 1.807) is 0 Å². The highest BCUT2D eigenvalue weighted by Crippen LogP contribution is 2.45. The van der Waals surface area contributed by atoms with E-state index in [4.69, 9.17) is 11.6 Å². The van der Waals surface area contributed by atoms with Gasteiger partial charge >= 0.3 is 0 Å². The Bertz CT molecular complexity index is 353. The maximum atomic E-state index is 6.04. The first-order valence-electron chi connectivity index (χ1n) is 5.28. The molecule has 0 aromatic heterocycles. The van der Waals surface area contributed by atoms with Crippen LogP contribution in [0.2, 0.25) is 5.02 Å². The molecular formula is C12H14ClN. The molecule has 1 aromatic carbocycles. The summed E-state index contributed by atoms with van der Waals surface area (Å²) in [6.07, 6.45) is 3.95. The Labute approximate surface area is 89.5 Å². The predicted molar refractivity (Wildman–Crippen MR) is 58.8 cm³/mol. The van der Waals surface area contributed by atoms with Gasteiger partial charge in [0.25, 0.3) is 0 Å². The standard InChI is InChI=1S/C12H14ClN/c13-10-3-1-2-9(6-10)12-5-4-11(7-12)14-8-12/h1-3,6,11,14H,4-5,7-8H2. The van der Waals surface area contributed by atoms with Crippen molar-refractivity contribution in [3.63, 3.8) is 0 Å². The lowest BCUT2D eigenvalue weighted by molar-refractivity contribution is 0.439. The lowest BCUT2D eigenvalue weighted by atomic mass is 9.80. The molecular weight excluding hydrogens is 194 g/mol. The summed E-state index contributed by atoms with van der Waals surface area (Å²) < 4.78 is 0. The van der Waals surface area contributed by atoms with Gasteiger partial charge in [0, 0.05) is 23.0 Å². The molecule has 2 aliphatic rings. The van der Waals surface area contributed by atoms with E-state index >= 15 is 0 Å². The Balaban J connectivity index is 2.02. The molecule has 1 aliphatic carbocycles. The fraction of sp³-hybridized carbons (Fsp3) is 0.500. The van der Waals surface area contributed by atoms with Crippen LogP contribution in [0.4, 0.5) is 0 Å². The van der Waals surface area contributed by atoms with E-state index in [1.807, 2.05) is 6.07 Å². The maximum absolute atomic E-state index is 6.04. The monoisotopic (exact) mass is 207 g/mol. The molecule has 2 unspecified atom stereocenters. The second kappa shape index (κ2) is 2.98. The van der Waals surface area contributed by atoms with Crippen LogP contribution < -0.4 is 5.32 Å². The number of piperidine rings is 1. The topological polar surface area (TPSA) is 12.0 Å². The molecule has 0 spiro atoms. The summed E-state index contributed by atoms with van der Waals surface area (Å²) >= 11 is 6.04. The zero-order chi connectivity index (χ0) is 9.60. The van der Waals surface area contributed by atoms with Gasteiger partial charge in [0.1, 0.15) is 0 Å².